The number of rotatable bonds is 10. The molecule has 1 N–H and O–H groups in total. The van der Waals surface area contributed by atoms with Gasteiger partial charge in [0.05, 0.1) is 36.7 Å². The van der Waals surface area contributed by atoms with Gasteiger partial charge < -0.3 is 4.18 Å². The first kappa shape index (κ1) is 26.8. The zero-order valence-electron chi connectivity index (χ0n) is 17.4. The van der Waals surface area contributed by atoms with E-state index in [1.54, 1.807) is 0 Å². The van der Waals surface area contributed by atoms with Crippen LogP contribution >= 0.6 is 11.3 Å². The summed E-state index contributed by atoms with van der Waals surface area (Å²) in [5.74, 6) is -0.881. The Balaban J connectivity index is 1.93. The van der Waals surface area contributed by atoms with Crippen molar-refractivity contribution in [3.05, 3.63) is 88.3 Å². The highest BCUT2D eigenvalue weighted by atomic mass is 32.3. The molecule has 0 saturated heterocycles. The summed E-state index contributed by atoms with van der Waals surface area (Å²) in [7, 11) is -9.55. The van der Waals surface area contributed by atoms with E-state index in [0.29, 0.717) is 35.6 Å². The summed E-state index contributed by atoms with van der Waals surface area (Å²) in [5.41, 5.74) is -4.05. The maximum absolute atomic E-state index is 12.7. The standard InChI is InChI=1S/C16H9N5O13S3/c22-18(23)9-1-3-12(13(5-9)20(26)27)17-36(30,31)11-7-16(35-8-11)37(32,33)34-15-4-2-10(19(24)25)6-14(15)21(28)29/h1-8,17H. The van der Waals surface area contributed by atoms with E-state index in [2.05, 4.69) is 0 Å². The highest BCUT2D eigenvalue weighted by Crippen LogP contribution is 2.35. The van der Waals surface area contributed by atoms with Crippen LogP contribution in [-0.4, -0.2) is 36.5 Å². The Hall–Kier alpha value is -4.76. The fourth-order valence-electron chi connectivity index (χ4n) is 2.64. The number of hydrogen-bond donors (Lipinski definition) is 1. The molecule has 0 bridgehead atoms. The van der Waals surface area contributed by atoms with Gasteiger partial charge in [0, 0.05) is 17.5 Å². The van der Waals surface area contributed by atoms with Gasteiger partial charge in [-0.05, 0) is 18.2 Å². The number of nitro groups is 4. The van der Waals surface area contributed by atoms with E-state index < -0.39 is 83.1 Å². The lowest BCUT2D eigenvalue weighted by atomic mass is 10.2. The number of thiophene rings is 1. The average Bonchev–Trinajstić information content (AvgIpc) is 3.31. The summed E-state index contributed by atoms with van der Waals surface area (Å²) in [5, 5.41) is 44.9. The van der Waals surface area contributed by atoms with Gasteiger partial charge in [-0.15, -0.1) is 11.3 Å². The van der Waals surface area contributed by atoms with Gasteiger partial charge >= 0.3 is 15.8 Å². The second kappa shape index (κ2) is 9.71. The van der Waals surface area contributed by atoms with E-state index in [-0.39, 0.29) is 0 Å². The quantitative estimate of drug-likeness (QED) is 0.207. The molecule has 0 amide bonds. The zero-order valence-corrected chi connectivity index (χ0v) is 19.9. The lowest BCUT2D eigenvalue weighted by molar-refractivity contribution is -0.394. The minimum Gasteiger partial charge on any atom is -0.371 e. The number of nitrogens with zero attached hydrogens (tertiary/aromatic N) is 4. The molecule has 3 rings (SSSR count). The molecule has 0 aliphatic carbocycles. The summed E-state index contributed by atoms with van der Waals surface area (Å²) < 4.78 is 56.4. The molecule has 0 aliphatic rings. The predicted octanol–water partition coefficient (Wildman–Crippen LogP) is 2.95. The van der Waals surface area contributed by atoms with Gasteiger partial charge in [-0.3, -0.25) is 45.2 Å². The van der Waals surface area contributed by atoms with Crippen LogP contribution in [0.2, 0.25) is 0 Å². The van der Waals surface area contributed by atoms with Crippen molar-refractivity contribution >= 4 is 59.9 Å². The van der Waals surface area contributed by atoms with Gasteiger partial charge in [0.1, 0.15) is 5.69 Å². The van der Waals surface area contributed by atoms with Crippen molar-refractivity contribution in [1.29, 1.82) is 0 Å². The van der Waals surface area contributed by atoms with Gasteiger partial charge in [0.2, 0.25) is 5.75 Å². The van der Waals surface area contributed by atoms with E-state index in [9.17, 15) is 57.3 Å². The molecule has 0 radical (unpaired) electrons. The van der Waals surface area contributed by atoms with E-state index in [4.69, 9.17) is 4.18 Å². The number of benzene rings is 2. The Morgan fingerprint density at radius 2 is 1.27 bits per heavy atom. The molecule has 0 spiro atoms. The van der Waals surface area contributed by atoms with Crippen molar-refractivity contribution in [3.63, 3.8) is 0 Å². The molecule has 37 heavy (non-hydrogen) atoms. The number of hydrogen-bond acceptors (Lipinski definition) is 14. The largest absolute Gasteiger partial charge is 0.371 e. The first-order valence-corrected chi connectivity index (χ1v) is 12.8. The van der Waals surface area contributed by atoms with Crippen LogP contribution in [0.5, 0.6) is 5.75 Å². The number of sulfonamides is 1. The molecule has 0 aliphatic heterocycles. The van der Waals surface area contributed by atoms with Crippen LogP contribution in [0.1, 0.15) is 0 Å². The number of non-ortho nitro benzene ring substituents is 2. The van der Waals surface area contributed by atoms with Crippen LogP contribution in [0, 0.1) is 40.5 Å². The molecule has 3 aromatic rings. The number of nitro benzene ring substituents is 4. The lowest BCUT2D eigenvalue weighted by Gasteiger charge is -2.07. The zero-order chi connectivity index (χ0) is 27.7. The lowest BCUT2D eigenvalue weighted by Crippen LogP contribution is -2.14. The molecule has 0 saturated carbocycles. The molecule has 21 heteroatoms. The van der Waals surface area contributed by atoms with Crippen molar-refractivity contribution in [3.8, 4) is 5.75 Å². The molecular formula is C16H9N5O13S3. The normalized spacial score (nSPS) is 11.5. The Kier molecular flexibility index (Phi) is 7.04. The third kappa shape index (κ3) is 5.74. The molecule has 0 fully saturated rings. The van der Waals surface area contributed by atoms with E-state index in [0.717, 1.165) is 23.6 Å². The minimum atomic E-state index is -4.88. The van der Waals surface area contributed by atoms with E-state index in [1.165, 1.54) is 0 Å². The van der Waals surface area contributed by atoms with Crippen molar-refractivity contribution in [1.82, 2.24) is 0 Å². The van der Waals surface area contributed by atoms with Gasteiger partial charge in [0.15, 0.2) is 4.21 Å². The monoisotopic (exact) mass is 575 g/mol. The first-order chi connectivity index (χ1) is 17.1. The van der Waals surface area contributed by atoms with Crippen LogP contribution in [0.25, 0.3) is 0 Å². The van der Waals surface area contributed by atoms with Gasteiger partial charge in [0.25, 0.3) is 27.1 Å². The highest BCUT2D eigenvalue weighted by Gasteiger charge is 2.30. The van der Waals surface area contributed by atoms with Crippen molar-refractivity contribution < 1.29 is 40.7 Å². The molecule has 1 heterocycles. The molecule has 18 nitrogen and oxygen atoms in total. The molecule has 1 aromatic heterocycles. The third-order valence-electron chi connectivity index (χ3n) is 4.29. The van der Waals surface area contributed by atoms with Crippen LogP contribution in [0.15, 0.2) is 56.9 Å². The maximum Gasteiger partial charge on any atom is 0.349 e. The predicted molar refractivity (Wildman–Crippen MR) is 122 cm³/mol. The number of anilines is 1. The molecule has 0 atom stereocenters. The number of nitrogens with one attached hydrogen (secondary N) is 1. The van der Waals surface area contributed by atoms with Crippen molar-refractivity contribution in [2.75, 3.05) is 4.72 Å². The Morgan fingerprint density at radius 1 is 0.730 bits per heavy atom. The summed E-state index contributed by atoms with van der Waals surface area (Å²) in [6.45, 7) is 0. The first-order valence-electron chi connectivity index (χ1n) is 9.04. The van der Waals surface area contributed by atoms with Gasteiger partial charge in [-0.25, -0.2) is 8.42 Å². The smallest absolute Gasteiger partial charge is 0.349 e. The summed E-state index contributed by atoms with van der Waals surface area (Å²) in [6.07, 6.45) is 0. The maximum atomic E-state index is 12.7. The van der Waals surface area contributed by atoms with Crippen LogP contribution in [-0.2, 0) is 20.1 Å². The van der Waals surface area contributed by atoms with Gasteiger partial charge in [-0.2, -0.15) is 8.42 Å². The van der Waals surface area contributed by atoms with Crippen LogP contribution in [0.3, 0.4) is 0 Å². The van der Waals surface area contributed by atoms with E-state index in [1.807, 2.05) is 4.72 Å². The minimum absolute atomic E-state index is 0.319. The van der Waals surface area contributed by atoms with E-state index >= 15 is 0 Å². The SMILES string of the molecule is O=[N+]([O-])c1ccc(NS(=O)(=O)c2csc(S(=O)(=O)Oc3ccc([N+](=O)[O-])cc3[N+](=O)[O-])c2)c([N+](=O)[O-])c1. The van der Waals surface area contributed by atoms with Gasteiger partial charge in [-0.1, -0.05) is 0 Å². The second-order valence-electron chi connectivity index (χ2n) is 6.63. The summed E-state index contributed by atoms with van der Waals surface area (Å²) in [6, 6.07) is 4.59. The fraction of sp³-hybridized carbons (Fsp3) is 0. The molecule has 0 unspecified atom stereocenters. The third-order valence-corrected chi connectivity index (χ3v) is 8.42. The average molecular weight is 575 g/mol. The fourth-order valence-corrected chi connectivity index (χ4v) is 6.24. The van der Waals surface area contributed by atoms with Crippen molar-refractivity contribution in [2.45, 2.75) is 9.10 Å². The molecule has 194 valence electrons. The summed E-state index contributed by atoms with van der Waals surface area (Å²) in [4.78, 5) is 39.3. The highest BCUT2D eigenvalue weighted by molar-refractivity contribution is 7.93. The Labute approximate surface area is 208 Å². The second-order valence-corrected chi connectivity index (χ2v) is 11.0. The Morgan fingerprint density at radius 3 is 1.81 bits per heavy atom. The molecular weight excluding hydrogens is 566 g/mol. The van der Waals surface area contributed by atoms with Crippen LogP contribution in [0.4, 0.5) is 28.4 Å². The molecule has 2 aromatic carbocycles. The van der Waals surface area contributed by atoms with Crippen LogP contribution < -0.4 is 8.91 Å². The van der Waals surface area contributed by atoms with Crippen molar-refractivity contribution in [2.24, 2.45) is 0 Å². The topological polar surface area (TPSA) is 262 Å². The summed E-state index contributed by atoms with van der Waals surface area (Å²) >= 11 is 0.319. The Bertz CT molecular complexity index is 1560.